The Morgan fingerprint density at radius 3 is 2.58 bits per heavy atom. The standard InChI is InChI=1S/C19H17F3N2O2/c1-2-26-18-6-4-3-5-13(18)7-10-17(25)15(11-23)16-9-8-14(12-24-16)19(20,21)22/h3-6,8-9,12,15H,2,7,10H2,1H3. The number of para-hydroxylation sites is 1. The van der Waals surface area contributed by atoms with E-state index < -0.39 is 23.4 Å². The molecule has 0 aliphatic carbocycles. The average Bonchev–Trinajstić information content (AvgIpc) is 2.61. The van der Waals surface area contributed by atoms with Crippen LogP contribution >= 0.6 is 0 Å². The molecule has 26 heavy (non-hydrogen) atoms. The Morgan fingerprint density at radius 1 is 1.27 bits per heavy atom. The Kier molecular flexibility index (Phi) is 6.34. The van der Waals surface area contributed by atoms with Crippen LogP contribution in [0.4, 0.5) is 13.2 Å². The van der Waals surface area contributed by atoms with Crippen molar-refractivity contribution in [3.63, 3.8) is 0 Å². The second kappa shape index (κ2) is 8.48. The summed E-state index contributed by atoms with van der Waals surface area (Å²) in [6.45, 7) is 2.34. The maximum absolute atomic E-state index is 12.6. The van der Waals surface area contributed by atoms with Gasteiger partial charge in [0.05, 0.1) is 23.9 Å². The van der Waals surface area contributed by atoms with Crippen molar-refractivity contribution in [2.24, 2.45) is 0 Å². The molecule has 0 fully saturated rings. The first kappa shape index (κ1) is 19.4. The molecule has 1 heterocycles. The van der Waals surface area contributed by atoms with Gasteiger partial charge in [-0.3, -0.25) is 9.78 Å². The van der Waals surface area contributed by atoms with Crippen molar-refractivity contribution in [1.82, 2.24) is 4.98 Å². The lowest BCUT2D eigenvalue weighted by atomic mass is 9.95. The number of carbonyl (C=O) groups excluding carboxylic acids is 1. The number of benzene rings is 1. The number of nitrogens with zero attached hydrogens (tertiary/aromatic N) is 2. The summed E-state index contributed by atoms with van der Waals surface area (Å²) in [5.41, 5.74) is -0.0700. The fourth-order valence-corrected chi connectivity index (χ4v) is 2.46. The highest BCUT2D eigenvalue weighted by Crippen LogP contribution is 2.29. The summed E-state index contributed by atoms with van der Waals surface area (Å²) in [5, 5.41) is 9.26. The molecule has 0 bridgehead atoms. The van der Waals surface area contributed by atoms with Crippen LogP contribution < -0.4 is 4.74 Å². The SMILES string of the molecule is CCOc1ccccc1CCC(=O)C(C#N)c1ccc(C(F)(F)F)cn1. The number of halogens is 3. The van der Waals surface area contributed by atoms with Crippen molar-refractivity contribution in [3.05, 3.63) is 59.4 Å². The molecule has 2 aromatic rings. The van der Waals surface area contributed by atoms with Gasteiger partial charge in [0.25, 0.3) is 0 Å². The summed E-state index contributed by atoms with van der Waals surface area (Å²) in [5.74, 6) is -0.924. The highest BCUT2D eigenvalue weighted by molar-refractivity contribution is 5.88. The summed E-state index contributed by atoms with van der Waals surface area (Å²) >= 11 is 0. The second-order valence-corrected chi connectivity index (χ2v) is 5.54. The monoisotopic (exact) mass is 362 g/mol. The third-order valence-corrected chi connectivity index (χ3v) is 3.77. The zero-order chi connectivity index (χ0) is 19.2. The van der Waals surface area contributed by atoms with Crippen LogP contribution in [-0.2, 0) is 17.4 Å². The van der Waals surface area contributed by atoms with Gasteiger partial charge < -0.3 is 4.74 Å². The Balaban J connectivity index is 2.09. The number of ether oxygens (including phenoxy) is 1. The number of aryl methyl sites for hydroxylation is 1. The highest BCUT2D eigenvalue weighted by atomic mass is 19.4. The zero-order valence-electron chi connectivity index (χ0n) is 14.1. The normalized spacial score (nSPS) is 12.3. The summed E-state index contributed by atoms with van der Waals surface area (Å²) < 4.78 is 43.2. The number of ketones is 1. The van der Waals surface area contributed by atoms with E-state index in [9.17, 15) is 23.2 Å². The Morgan fingerprint density at radius 2 is 2.00 bits per heavy atom. The van der Waals surface area contributed by atoms with Gasteiger partial charge in [0.2, 0.25) is 0 Å². The van der Waals surface area contributed by atoms with Gasteiger partial charge in [-0.1, -0.05) is 18.2 Å². The minimum atomic E-state index is -4.51. The van der Waals surface area contributed by atoms with E-state index in [1.165, 1.54) is 0 Å². The van der Waals surface area contributed by atoms with Gasteiger partial charge in [-0.2, -0.15) is 18.4 Å². The number of aromatic nitrogens is 1. The first-order valence-electron chi connectivity index (χ1n) is 8.03. The molecule has 0 N–H and O–H groups in total. The summed E-state index contributed by atoms with van der Waals surface area (Å²) in [6.07, 6.45) is -3.45. The molecule has 136 valence electrons. The molecule has 0 saturated carbocycles. The van der Waals surface area contributed by atoms with Crippen molar-refractivity contribution in [2.75, 3.05) is 6.61 Å². The van der Waals surface area contributed by atoms with Crippen LogP contribution in [0.15, 0.2) is 42.6 Å². The number of carbonyl (C=O) groups is 1. The predicted molar refractivity (Wildman–Crippen MR) is 88.5 cm³/mol. The number of hydrogen-bond acceptors (Lipinski definition) is 4. The van der Waals surface area contributed by atoms with E-state index in [4.69, 9.17) is 4.74 Å². The van der Waals surface area contributed by atoms with Gasteiger partial charge in [-0.15, -0.1) is 0 Å². The largest absolute Gasteiger partial charge is 0.494 e. The molecule has 1 unspecified atom stereocenters. The molecule has 0 aliphatic rings. The Bertz CT molecular complexity index is 796. The van der Waals surface area contributed by atoms with Gasteiger partial charge in [0.15, 0.2) is 5.78 Å². The quantitative estimate of drug-likeness (QED) is 0.736. The van der Waals surface area contributed by atoms with Crippen molar-refractivity contribution >= 4 is 5.78 Å². The molecule has 2 rings (SSSR count). The number of pyridine rings is 1. The number of hydrogen-bond donors (Lipinski definition) is 0. The lowest BCUT2D eigenvalue weighted by Crippen LogP contribution is -2.14. The van der Waals surface area contributed by atoms with E-state index in [-0.39, 0.29) is 12.1 Å². The number of rotatable bonds is 7. The van der Waals surface area contributed by atoms with Crippen LogP contribution in [-0.4, -0.2) is 17.4 Å². The molecule has 0 aliphatic heterocycles. The fraction of sp³-hybridized carbons (Fsp3) is 0.316. The van der Waals surface area contributed by atoms with Gasteiger partial charge in [0, 0.05) is 12.6 Å². The van der Waals surface area contributed by atoms with Crippen LogP contribution in [0.3, 0.4) is 0 Å². The maximum Gasteiger partial charge on any atom is 0.417 e. The summed E-state index contributed by atoms with van der Waals surface area (Å²) in [7, 11) is 0. The van der Waals surface area contributed by atoms with Crippen LogP contribution in [0.2, 0.25) is 0 Å². The fourth-order valence-electron chi connectivity index (χ4n) is 2.46. The molecule has 1 atom stereocenters. The van der Waals surface area contributed by atoms with E-state index in [1.54, 1.807) is 6.07 Å². The minimum Gasteiger partial charge on any atom is -0.494 e. The smallest absolute Gasteiger partial charge is 0.417 e. The van der Waals surface area contributed by atoms with Crippen LogP contribution in [0.25, 0.3) is 0 Å². The van der Waals surface area contributed by atoms with E-state index in [2.05, 4.69) is 4.98 Å². The second-order valence-electron chi connectivity index (χ2n) is 5.54. The summed E-state index contributed by atoms with van der Waals surface area (Å²) in [6, 6.07) is 11.0. The summed E-state index contributed by atoms with van der Waals surface area (Å²) in [4.78, 5) is 16.0. The molecular weight excluding hydrogens is 345 g/mol. The van der Waals surface area contributed by atoms with Crippen LogP contribution in [0.1, 0.15) is 36.1 Å². The van der Waals surface area contributed by atoms with E-state index in [0.717, 1.165) is 17.7 Å². The van der Waals surface area contributed by atoms with Crippen molar-refractivity contribution in [1.29, 1.82) is 5.26 Å². The van der Waals surface area contributed by atoms with E-state index in [0.29, 0.717) is 25.0 Å². The first-order chi connectivity index (χ1) is 12.4. The van der Waals surface area contributed by atoms with Gasteiger partial charge >= 0.3 is 6.18 Å². The number of Topliss-reactive ketones (excluding diaryl/α,β-unsaturated/α-hetero) is 1. The number of nitriles is 1. The highest BCUT2D eigenvalue weighted by Gasteiger charge is 2.31. The number of alkyl halides is 3. The van der Waals surface area contributed by atoms with Gasteiger partial charge in [-0.05, 0) is 37.1 Å². The van der Waals surface area contributed by atoms with Crippen LogP contribution in [0, 0.1) is 11.3 Å². The average molecular weight is 362 g/mol. The van der Waals surface area contributed by atoms with E-state index >= 15 is 0 Å². The molecule has 0 amide bonds. The molecular formula is C19H17F3N2O2. The molecule has 1 aromatic carbocycles. The van der Waals surface area contributed by atoms with Crippen molar-refractivity contribution < 1.29 is 22.7 Å². The molecule has 0 radical (unpaired) electrons. The lowest BCUT2D eigenvalue weighted by Gasteiger charge is -2.12. The third-order valence-electron chi connectivity index (χ3n) is 3.77. The van der Waals surface area contributed by atoms with Gasteiger partial charge in [0.1, 0.15) is 11.7 Å². The van der Waals surface area contributed by atoms with Crippen molar-refractivity contribution in [3.8, 4) is 11.8 Å². The van der Waals surface area contributed by atoms with E-state index in [1.807, 2.05) is 31.2 Å². The Labute approximate surface area is 149 Å². The predicted octanol–water partition coefficient (Wildman–Crippen LogP) is 4.31. The molecule has 4 nitrogen and oxygen atoms in total. The molecule has 1 aromatic heterocycles. The van der Waals surface area contributed by atoms with Crippen LogP contribution in [0.5, 0.6) is 5.75 Å². The third kappa shape index (κ3) is 4.82. The topological polar surface area (TPSA) is 63.0 Å². The first-order valence-corrected chi connectivity index (χ1v) is 8.03. The zero-order valence-corrected chi connectivity index (χ0v) is 14.1. The molecule has 0 spiro atoms. The van der Waals surface area contributed by atoms with Gasteiger partial charge in [-0.25, -0.2) is 0 Å². The Hall–Kier alpha value is -2.88. The molecule has 7 heteroatoms. The molecule has 0 saturated heterocycles. The minimum absolute atomic E-state index is 0.0172. The van der Waals surface area contributed by atoms with Crippen molar-refractivity contribution in [2.45, 2.75) is 31.9 Å². The lowest BCUT2D eigenvalue weighted by molar-refractivity contribution is -0.137. The maximum atomic E-state index is 12.6.